The molecular weight excluding hydrogens is 292 g/mol. The molecule has 2 amide bonds. The Morgan fingerprint density at radius 2 is 1.78 bits per heavy atom. The van der Waals surface area contributed by atoms with Crippen molar-refractivity contribution in [3.63, 3.8) is 0 Å². The van der Waals surface area contributed by atoms with E-state index in [1.807, 2.05) is 23.1 Å². The highest BCUT2D eigenvalue weighted by Gasteiger charge is 2.26. The molecule has 1 atom stereocenters. The van der Waals surface area contributed by atoms with Crippen molar-refractivity contribution < 1.29 is 14.7 Å². The Kier molecular flexibility index (Phi) is 7.07. The quantitative estimate of drug-likeness (QED) is 0.755. The molecule has 1 aliphatic heterocycles. The largest absolute Gasteiger partial charge is 0.396 e. The molecule has 2 rings (SSSR count). The Morgan fingerprint density at radius 3 is 2.43 bits per heavy atom. The summed E-state index contributed by atoms with van der Waals surface area (Å²) >= 11 is 0. The molecule has 0 unspecified atom stereocenters. The number of rotatable bonds is 7. The lowest BCUT2D eigenvalue weighted by Crippen LogP contribution is -2.50. The average molecular weight is 318 g/mol. The molecule has 0 spiro atoms. The minimum Gasteiger partial charge on any atom is -0.396 e. The minimum absolute atomic E-state index is 0.00641. The predicted octanol–water partition coefficient (Wildman–Crippen LogP) is 1.96. The van der Waals surface area contributed by atoms with Gasteiger partial charge in [-0.3, -0.25) is 9.59 Å². The van der Waals surface area contributed by atoms with Gasteiger partial charge in [0.05, 0.1) is 0 Å². The number of piperidine rings is 1. The van der Waals surface area contributed by atoms with Gasteiger partial charge in [-0.05, 0) is 50.7 Å². The normalized spacial score (nSPS) is 16.0. The first-order valence-electron chi connectivity index (χ1n) is 8.48. The van der Waals surface area contributed by atoms with E-state index in [1.165, 1.54) is 0 Å². The molecule has 23 heavy (non-hydrogen) atoms. The van der Waals surface area contributed by atoms with Crippen LogP contribution in [0.4, 0.5) is 0 Å². The zero-order valence-corrected chi connectivity index (χ0v) is 13.5. The van der Waals surface area contributed by atoms with Gasteiger partial charge in [-0.25, -0.2) is 0 Å². The fourth-order valence-electron chi connectivity index (χ4n) is 2.88. The SMILES string of the molecule is O=C(N[C@@H](CCCCO)C(=O)N1CCCCC1)c1ccccc1. The number of unbranched alkanes of at least 4 members (excludes halogenated alkanes) is 1. The number of nitrogens with zero attached hydrogens (tertiary/aromatic N) is 1. The van der Waals surface area contributed by atoms with Gasteiger partial charge in [-0.2, -0.15) is 0 Å². The first kappa shape index (κ1) is 17.5. The summed E-state index contributed by atoms with van der Waals surface area (Å²) in [6.07, 6.45) is 5.15. The number of hydrogen-bond donors (Lipinski definition) is 2. The molecule has 1 aromatic carbocycles. The zero-order chi connectivity index (χ0) is 16.5. The van der Waals surface area contributed by atoms with Crippen molar-refractivity contribution in [1.82, 2.24) is 10.2 Å². The van der Waals surface area contributed by atoms with Crippen molar-refractivity contribution in [2.45, 2.75) is 44.6 Å². The molecule has 2 N–H and O–H groups in total. The van der Waals surface area contributed by atoms with E-state index in [-0.39, 0.29) is 18.4 Å². The highest BCUT2D eigenvalue weighted by Crippen LogP contribution is 2.13. The summed E-state index contributed by atoms with van der Waals surface area (Å²) in [6.45, 7) is 1.66. The second kappa shape index (κ2) is 9.30. The van der Waals surface area contributed by atoms with Crippen molar-refractivity contribution in [1.29, 1.82) is 0 Å². The summed E-state index contributed by atoms with van der Waals surface area (Å²) in [4.78, 5) is 26.9. The van der Waals surface area contributed by atoms with Crippen molar-refractivity contribution >= 4 is 11.8 Å². The summed E-state index contributed by atoms with van der Waals surface area (Å²) in [5, 5.41) is 11.8. The van der Waals surface area contributed by atoms with Crippen LogP contribution < -0.4 is 5.32 Å². The molecule has 1 fully saturated rings. The molecule has 0 saturated carbocycles. The highest BCUT2D eigenvalue weighted by molar-refractivity contribution is 5.97. The van der Waals surface area contributed by atoms with E-state index < -0.39 is 6.04 Å². The zero-order valence-electron chi connectivity index (χ0n) is 13.5. The van der Waals surface area contributed by atoms with E-state index in [0.717, 1.165) is 38.8 Å². The molecule has 1 aliphatic rings. The topological polar surface area (TPSA) is 69.6 Å². The van der Waals surface area contributed by atoms with Gasteiger partial charge >= 0.3 is 0 Å². The highest BCUT2D eigenvalue weighted by atomic mass is 16.3. The molecule has 5 nitrogen and oxygen atoms in total. The molecule has 126 valence electrons. The van der Waals surface area contributed by atoms with E-state index in [1.54, 1.807) is 12.1 Å². The van der Waals surface area contributed by atoms with Gasteiger partial charge in [-0.1, -0.05) is 18.2 Å². The Bertz CT molecular complexity index is 498. The number of aliphatic hydroxyl groups excluding tert-OH is 1. The molecule has 1 saturated heterocycles. The van der Waals surface area contributed by atoms with Gasteiger partial charge in [0.1, 0.15) is 6.04 Å². The van der Waals surface area contributed by atoms with E-state index in [4.69, 9.17) is 5.11 Å². The summed E-state index contributed by atoms with van der Waals surface area (Å²) < 4.78 is 0. The van der Waals surface area contributed by atoms with Crippen molar-refractivity contribution in [3.05, 3.63) is 35.9 Å². The maximum absolute atomic E-state index is 12.7. The van der Waals surface area contributed by atoms with Crippen molar-refractivity contribution in [2.75, 3.05) is 19.7 Å². The number of aliphatic hydroxyl groups is 1. The Morgan fingerprint density at radius 1 is 1.09 bits per heavy atom. The third-order valence-electron chi connectivity index (χ3n) is 4.21. The van der Waals surface area contributed by atoms with Crippen molar-refractivity contribution in [2.24, 2.45) is 0 Å². The summed E-state index contributed by atoms with van der Waals surface area (Å²) in [5.74, 6) is -0.211. The van der Waals surface area contributed by atoms with Gasteiger partial charge < -0.3 is 15.3 Å². The lowest BCUT2D eigenvalue weighted by molar-refractivity contribution is -0.134. The minimum atomic E-state index is -0.507. The van der Waals surface area contributed by atoms with E-state index in [9.17, 15) is 9.59 Å². The first-order valence-corrected chi connectivity index (χ1v) is 8.48. The molecule has 0 radical (unpaired) electrons. The smallest absolute Gasteiger partial charge is 0.251 e. The van der Waals surface area contributed by atoms with Crippen LogP contribution in [0.3, 0.4) is 0 Å². The first-order chi connectivity index (χ1) is 11.2. The van der Waals surface area contributed by atoms with E-state index in [2.05, 4.69) is 5.32 Å². The summed E-state index contributed by atoms with van der Waals surface area (Å²) in [5.41, 5.74) is 0.561. The number of amides is 2. The monoisotopic (exact) mass is 318 g/mol. The number of likely N-dealkylation sites (tertiary alicyclic amines) is 1. The lowest BCUT2D eigenvalue weighted by Gasteiger charge is -2.30. The molecular formula is C18H26N2O3. The number of carbonyl (C=O) groups excluding carboxylic acids is 2. The maximum Gasteiger partial charge on any atom is 0.251 e. The molecule has 0 bridgehead atoms. The number of hydrogen-bond acceptors (Lipinski definition) is 3. The number of carbonyl (C=O) groups is 2. The second-order valence-electron chi connectivity index (χ2n) is 6.00. The van der Waals surface area contributed by atoms with Gasteiger partial charge in [0.15, 0.2) is 0 Å². The molecule has 0 aromatic heterocycles. The van der Waals surface area contributed by atoms with E-state index in [0.29, 0.717) is 18.4 Å². The van der Waals surface area contributed by atoms with Crippen molar-refractivity contribution in [3.8, 4) is 0 Å². The Balaban J connectivity index is 2.00. The van der Waals surface area contributed by atoms with Gasteiger partial charge in [-0.15, -0.1) is 0 Å². The van der Waals surface area contributed by atoms with Crippen LogP contribution in [0.5, 0.6) is 0 Å². The van der Waals surface area contributed by atoms with Gasteiger partial charge in [0, 0.05) is 25.3 Å². The maximum atomic E-state index is 12.7. The fourth-order valence-corrected chi connectivity index (χ4v) is 2.88. The van der Waals surface area contributed by atoms with Crippen LogP contribution in [0.1, 0.15) is 48.9 Å². The third kappa shape index (κ3) is 5.36. The molecule has 0 aliphatic carbocycles. The third-order valence-corrected chi connectivity index (χ3v) is 4.21. The van der Waals surface area contributed by atoms with Crippen LogP contribution in [0.25, 0.3) is 0 Å². The Labute approximate surface area is 137 Å². The Hall–Kier alpha value is -1.88. The number of nitrogens with one attached hydrogen (secondary N) is 1. The average Bonchev–Trinajstić information content (AvgIpc) is 2.62. The predicted molar refractivity (Wildman–Crippen MR) is 89.1 cm³/mol. The van der Waals surface area contributed by atoms with Crippen LogP contribution >= 0.6 is 0 Å². The van der Waals surface area contributed by atoms with Gasteiger partial charge in [0.25, 0.3) is 5.91 Å². The van der Waals surface area contributed by atoms with Crippen LogP contribution in [0.2, 0.25) is 0 Å². The van der Waals surface area contributed by atoms with Crippen LogP contribution in [-0.4, -0.2) is 47.6 Å². The second-order valence-corrected chi connectivity index (χ2v) is 6.00. The van der Waals surface area contributed by atoms with Gasteiger partial charge in [0.2, 0.25) is 5.91 Å². The number of benzene rings is 1. The van der Waals surface area contributed by atoms with Crippen LogP contribution in [0.15, 0.2) is 30.3 Å². The molecule has 1 aromatic rings. The molecule has 1 heterocycles. The molecule has 5 heteroatoms. The standard InChI is InChI=1S/C18H26N2O3/c21-14-8-5-11-16(18(23)20-12-6-2-7-13-20)19-17(22)15-9-3-1-4-10-15/h1,3-4,9-10,16,21H,2,5-8,11-14H2,(H,19,22)/t16-/m0/s1. The summed E-state index contributed by atoms with van der Waals surface area (Å²) in [7, 11) is 0. The van der Waals surface area contributed by atoms with Crippen LogP contribution in [0, 0.1) is 0 Å². The lowest BCUT2D eigenvalue weighted by atomic mass is 10.0. The van der Waals surface area contributed by atoms with Crippen LogP contribution in [-0.2, 0) is 4.79 Å². The summed E-state index contributed by atoms with van der Waals surface area (Å²) in [6, 6.07) is 8.45. The van der Waals surface area contributed by atoms with E-state index >= 15 is 0 Å². The fraction of sp³-hybridized carbons (Fsp3) is 0.556.